The largest absolute Gasteiger partial charge is 0.191 e. The molecule has 1 aromatic carbocycles. The van der Waals surface area contributed by atoms with Gasteiger partial charge in [0.25, 0.3) is 0 Å². The Morgan fingerprint density at radius 1 is 1.14 bits per heavy atom. The van der Waals surface area contributed by atoms with Gasteiger partial charge in [-0.05, 0) is 12.1 Å². The zero-order valence-corrected chi connectivity index (χ0v) is 9.73. The summed E-state index contributed by atoms with van der Waals surface area (Å²) in [5.74, 6) is 0. The maximum atomic E-state index is 8.78. The van der Waals surface area contributed by atoms with Crippen LogP contribution < -0.4 is 0 Å². The quantitative estimate of drug-likeness (QED) is 0.673. The van der Waals surface area contributed by atoms with Gasteiger partial charge in [-0.2, -0.15) is 5.26 Å². The molecule has 1 aromatic heterocycles. The van der Waals surface area contributed by atoms with E-state index in [2.05, 4.69) is 0 Å². The van der Waals surface area contributed by atoms with Crippen molar-refractivity contribution < 1.29 is 0 Å². The van der Waals surface area contributed by atoms with Crippen LogP contribution in [-0.2, 0) is 0 Å². The minimum atomic E-state index is 0.389. The van der Waals surface area contributed by atoms with E-state index >= 15 is 0 Å². The topological polar surface area (TPSA) is 23.8 Å². The molecule has 2 rings (SSSR count). The lowest BCUT2D eigenvalue weighted by Gasteiger charge is -1.96. The monoisotopic (exact) mass is 261 g/mol. The number of hydrogen-bond donors (Lipinski definition) is 0. The maximum Gasteiger partial charge on any atom is 0.124 e. The van der Waals surface area contributed by atoms with Crippen molar-refractivity contribution in [1.29, 1.82) is 5.26 Å². The SMILES string of the molecule is N#Cc1sc2ccc(Cl)c(Cl)c2c1Cl. The highest BCUT2D eigenvalue weighted by atomic mass is 35.5. The van der Waals surface area contributed by atoms with Crippen LogP contribution in [0.5, 0.6) is 0 Å². The number of nitriles is 1. The van der Waals surface area contributed by atoms with Gasteiger partial charge in [0, 0.05) is 10.1 Å². The van der Waals surface area contributed by atoms with Gasteiger partial charge in [-0.3, -0.25) is 0 Å². The molecule has 2 aromatic rings. The van der Waals surface area contributed by atoms with E-state index in [0.717, 1.165) is 4.70 Å². The van der Waals surface area contributed by atoms with Crippen molar-refractivity contribution in [2.75, 3.05) is 0 Å². The third-order valence-corrected chi connectivity index (χ3v) is 4.14. The molecule has 0 fully saturated rings. The number of thiophene rings is 1. The van der Waals surface area contributed by atoms with Gasteiger partial charge in [0.2, 0.25) is 0 Å². The third kappa shape index (κ3) is 1.37. The Kier molecular flexibility index (Phi) is 2.59. The van der Waals surface area contributed by atoms with E-state index < -0.39 is 0 Å². The molecule has 0 radical (unpaired) electrons. The molecule has 1 nitrogen and oxygen atoms in total. The van der Waals surface area contributed by atoms with E-state index in [1.165, 1.54) is 11.3 Å². The van der Waals surface area contributed by atoms with E-state index in [4.69, 9.17) is 40.1 Å². The van der Waals surface area contributed by atoms with Crippen molar-refractivity contribution in [3.05, 3.63) is 32.1 Å². The summed E-state index contributed by atoms with van der Waals surface area (Å²) < 4.78 is 0.876. The van der Waals surface area contributed by atoms with Gasteiger partial charge in [-0.15, -0.1) is 11.3 Å². The van der Waals surface area contributed by atoms with Crippen LogP contribution in [0.15, 0.2) is 12.1 Å². The molecule has 0 amide bonds. The van der Waals surface area contributed by atoms with E-state index in [1.54, 1.807) is 12.1 Å². The zero-order chi connectivity index (χ0) is 10.3. The van der Waals surface area contributed by atoms with Crippen LogP contribution in [0.1, 0.15) is 4.88 Å². The molecule has 14 heavy (non-hydrogen) atoms. The molecule has 0 saturated carbocycles. The number of benzene rings is 1. The molecule has 0 atom stereocenters. The molecule has 0 aliphatic heterocycles. The van der Waals surface area contributed by atoms with Crippen LogP contribution in [0.25, 0.3) is 10.1 Å². The summed E-state index contributed by atoms with van der Waals surface area (Å²) in [5.41, 5.74) is 0. The molecule has 0 N–H and O–H groups in total. The van der Waals surface area contributed by atoms with Gasteiger partial charge in [0.05, 0.1) is 15.1 Å². The van der Waals surface area contributed by atoms with Gasteiger partial charge in [0.1, 0.15) is 10.9 Å². The van der Waals surface area contributed by atoms with E-state index in [1.807, 2.05) is 6.07 Å². The fraction of sp³-hybridized carbons (Fsp3) is 0. The highest BCUT2D eigenvalue weighted by Crippen LogP contribution is 2.41. The summed E-state index contributed by atoms with van der Waals surface area (Å²) in [7, 11) is 0. The highest BCUT2D eigenvalue weighted by Gasteiger charge is 2.14. The van der Waals surface area contributed by atoms with Crippen molar-refractivity contribution in [1.82, 2.24) is 0 Å². The summed E-state index contributed by atoms with van der Waals surface area (Å²) in [6, 6.07) is 5.52. The first-order valence-electron chi connectivity index (χ1n) is 3.61. The second-order valence-corrected chi connectivity index (χ2v) is 4.81. The van der Waals surface area contributed by atoms with Crippen LogP contribution in [0, 0.1) is 11.3 Å². The minimum absolute atomic E-state index is 0.389. The lowest BCUT2D eigenvalue weighted by Crippen LogP contribution is -1.71. The molecule has 70 valence electrons. The Morgan fingerprint density at radius 3 is 2.50 bits per heavy atom. The number of halogens is 3. The Hall–Kier alpha value is -0.460. The molecule has 0 unspecified atom stereocenters. The van der Waals surface area contributed by atoms with Gasteiger partial charge in [0.15, 0.2) is 0 Å². The Balaban J connectivity index is 2.96. The van der Waals surface area contributed by atoms with Crippen LogP contribution in [0.2, 0.25) is 15.1 Å². The first kappa shape index (κ1) is 10.1. The fourth-order valence-electron chi connectivity index (χ4n) is 1.16. The molecule has 1 heterocycles. The number of nitrogens with zero attached hydrogens (tertiary/aromatic N) is 1. The lowest BCUT2D eigenvalue weighted by atomic mass is 10.2. The van der Waals surface area contributed by atoms with E-state index in [9.17, 15) is 0 Å². The van der Waals surface area contributed by atoms with Crippen molar-refractivity contribution in [3.63, 3.8) is 0 Å². The number of hydrogen-bond acceptors (Lipinski definition) is 2. The van der Waals surface area contributed by atoms with E-state index in [0.29, 0.717) is 25.3 Å². The van der Waals surface area contributed by atoms with Gasteiger partial charge in [-0.25, -0.2) is 0 Å². The summed E-state index contributed by atoms with van der Waals surface area (Å²) in [6.45, 7) is 0. The highest BCUT2D eigenvalue weighted by molar-refractivity contribution is 7.20. The van der Waals surface area contributed by atoms with Crippen molar-refractivity contribution in [2.24, 2.45) is 0 Å². The average Bonchev–Trinajstić information content (AvgIpc) is 2.50. The average molecular weight is 263 g/mol. The lowest BCUT2D eigenvalue weighted by molar-refractivity contribution is 1.52. The standard InChI is InChI=1S/C9H2Cl3NS/c10-4-1-2-5-7(8(4)11)9(12)6(3-13)14-5/h1-2H. The predicted molar refractivity (Wildman–Crippen MR) is 61.6 cm³/mol. The molecule has 0 spiro atoms. The van der Waals surface area contributed by atoms with Crippen molar-refractivity contribution >= 4 is 56.2 Å². The van der Waals surface area contributed by atoms with Gasteiger partial charge < -0.3 is 0 Å². The maximum absolute atomic E-state index is 8.78. The van der Waals surface area contributed by atoms with Crippen LogP contribution in [-0.4, -0.2) is 0 Å². The molecule has 0 saturated heterocycles. The number of fused-ring (bicyclic) bond motifs is 1. The molecule has 0 aliphatic carbocycles. The van der Waals surface area contributed by atoms with Crippen molar-refractivity contribution in [2.45, 2.75) is 0 Å². The van der Waals surface area contributed by atoms with Crippen molar-refractivity contribution in [3.8, 4) is 6.07 Å². The molecular weight excluding hydrogens is 261 g/mol. The van der Waals surface area contributed by atoms with Crippen LogP contribution in [0.3, 0.4) is 0 Å². The minimum Gasteiger partial charge on any atom is -0.191 e. The second-order valence-electron chi connectivity index (χ2n) is 2.59. The Morgan fingerprint density at radius 2 is 1.86 bits per heavy atom. The Labute approximate surface area is 99.4 Å². The van der Waals surface area contributed by atoms with Gasteiger partial charge >= 0.3 is 0 Å². The molecule has 5 heteroatoms. The summed E-state index contributed by atoms with van der Waals surface area (Å²) in [4.78, 5) is 0.464. The smallest absolute Gasteiger partial charge is 0.124 e. The molecular formula is C9H2Cl3NS. The summed E-state index contributed by atoms with van der Waals surface area (Å²) >= 11 is 19.1. The molecule has 0 aliphatic rings. The normalized spacial score (nSPS) is 10.4. The second kappa shape index (κ2) is 3.60. The zero-order valence-electron chi connectivity index (χ0n) is 6.64. The summed E-state index contributed by atoms with van der Waals surface area (Å²) in [6.07, 6.45) is 0. The Bertz CT molecular complexity index is 553. The van der Waals surface area contributed by atoms with Crippen LogP contribution in [0.4, 0.5) is 0 Å². The van der Waals surface area contributed by atoms with Gasteiger partial charge in [-0.1, -0.05) is 34.8 Å². The number of rotatable bonds is 0. The molecule has 0 bridgehead atoms. The fourth-order valence-corrected chi connectivity index (χ4v) is 2.99. The van der Waals surface area contributed by atoms with E-state index in [-0.39, 0.29) is 0 Å². The first-order valence-corrected chi connectivity index (χ1v) is 5.56. The summed E-state index contributed by atoms with van der Waals surface area (Å²) in [5, 5.41) is 10.7. The van der Waals surface area contributed by atoms with Crippen LogP contribution >= 0.6 is 46.1 Å². The first-order chi connectivity index (χ1) is 6.65. The third-order valence-electron chi connectivity index (χ3n) is 1.79. The predicted octanol–water partition coefficient (Wildman–Crippen LogP) is 4.73.